The fourth-order valence-electron chi connectivity index (χ4n) is 3.38. The van der Waals surface area contributed by atoms with E-state index in [9.17, 15) is 0 Å². The van der Waals surface area contributed by atoms with Crippen molar-refractivity contribution in [2.45, 2.75) is 33.4 Å². The zero-order valence-corrected chi connectivity index (χ0v) is 18.4. The molecule has 2 aromatic heterocycles. The van der Waals surface area contributed by atoms with E-state index >= 15 is 0 Å². The Morgan fingerprint density at radius 2 is 1.90 bits per heavy atom. The first-order valence-electron chi connectivity index (χ1n) is 9.94. The molecule has 0 fully saturated rings. The van der Waals surface area contributed by atoms with Gasteiger partial charge in [0.1, 0.15) is 5.75 Å². The number of fused-ring (bicyclic) bond motifs is 1. The van der Waals surface area contributed by atoms with Crippen molar-refractivity contribution in [3.63, 3.8) is 0 Å². The van der Waals surface area contributed by atoms with Crippen molar-refractivity contribution in [1.82, 2.24) is 19.0 Å². The number of nitrogens with one attached hydrogen (secondary N) is 1. The first-order chi connectivity index (χ1) is 14.0. The highest BCUT2D eigenvalue weighted by atomic mass is 35.5. The average molecular weight is 436 g/mol. The standard InChI is InChI=1S/C21H27Cl2N5O/c1-3-26(4-2)12-13-28-20-18(7-5-10-25-20)27(21(28)24)11-6-14-29-19-9-8-16(22)15-17(19)23/h5,7-10,15,24H,3-4,6,11-14H2,1-2H3. The largest absolute Gasteiger partial charge is 0.492 e. The Bertz CT molecular complexity index is 1010. The van der Waals surface area contributed by atoms with Gasteiger partial charge in [0.25, 0.3) is 0 Å². The molecule has 0 aliphatic carbocycles. The number of likely N-dealkylation sites (N-methyl/N-ethyl adjacent to an activating group) is 1. The summed E-state index contributed by atoms with van der Waals surface area (Å²) in [5.74, 6) is 0.621. The summed E-state index contributed by atoms with van der Waals surface area (Å²) >= 11 is 12.1. The molecule has 0 aliphatic heterocycles. The lowest BCUT2D eigenvalue weighted by molar-refractivity contribution is 0.287. The first-order valence-corrected chi connectivity index (χ1v) is 10.7. The molecule has 0 saturated heterocycles. The van der Waals surface area contributed by atoms with Crippen LogP contribution in [-0.2, 0) is 13.1 Å². The van der Waals surface area contributed by atoms with Gasteiger partial charge in [-0.25, -0.2) is 4.98 Å². The first kappa shape index (κ1) is 21.7. The molecule has 3 rings (SSSR count). The Hall–Kier alpha value is -2.02. The third kappa shape index (κ3) is 5.13. The van der Waals surface area contributed by atoms with Crippen LogP contribution in [0.2, 0.25) is 10.0 Å². The molecule has 156 valence electrons. The lowest BCUT2D eigenvalue weighted by atomic mass is 10.3. The van der Waals surface area contributed by atoms with E-state index in [1.54, 1.807) is 24.4 Å². The summed E-state index contributed by atoms with van der Waals surface area (Å²) in [6, 6.07) is 9.14. The number of imidazole rings is 1. The lowest BCUT2D eigenvalue weighted by Gasteiger charge is -2.18. The number of benzene rings is 1. The summed E-state index contributed by atoms with van der Waals surface area (Å²) < 4.78 is 9.77. The normalized spacial score (nSPS) is 11.5. The molecular weight excluding hydrogens is 409 g/mol. The van der Waals surface area contributed by atoms with Crippen LogP contribution in [-0.4, -0.2) is 45.3 Å². The van der Waals surface area contributed by atoms with Crippen LogP contribution in [0.25, 0.3) is 11.2 Å². The lowest BCUT2D eigenvalue weighted by Crippen LogP contribution is -2.32. The second-order valence-corrected chi connectivity index (χ2v) is 7.62. The molecule has 0 aliphatic rings. The van der Waals surface area contributed by atoms with Crippen LogP contribution in [0.1, 0.15) is 20.3 Å². The number of aromatic nitrogens is 3. The minimum Gasteiger partial charge on any atom is -0.492 e. The van der Waals surface area contributed by atoms with Crippen LogP contribution in [0.3, 0.4) is 0 Å². The average Bonchev–Trinajstić information content (AvgIpc) is 2.99. The van der Waals surface area contributed by atoms with E-state index in [0.29, 0.717) is 34.6 Å². The van der Waals surface area contributed by atoms with E-state index in [-0.39, 0.29) is 0 Å². The quantitative estimate of drug-likeness (QED) is 0.479. The summed E-state index contributed by atoms with van der Waals surface area (Å²) in [7, 11) is 0. The molecule has 0 spiro atoms. The van der Waals surface area contributed by atoms with E-state index in [2.05, 4.69) is 23.7 Å². The van der Waals surface area contributed by atoms with Crippen LogP contribution in [0, 0.1) is 5.41 Å². The Morgan fingerprint density at radius 1 is 1.10 bits per heavy atom. The molecule has 8 heteroatoms. The highest BCUT2D eigenvalue weighted by Gasteiger charge is 2.12. The van der Waals surface area contributed by atoms with Crippen LogP contribution < -0.4 is 10.4 Å². The smallest absolute Gasteiger partial charge is 0.204 e. The molecular formula is C21H27Cl2N5O. The molecule has 0 radical (unpaired) electrons. The fourth-order valence-corrected chi connectivity index (χ4v) is 3.85. The zero-order valence-electron chi connectivity index (χ0n) is 16.9. The van der Waals surface area contributed by atoms with E-state index in [1.807, 2.05) is 21.3 Å². The second-order valence-electron chi connectivity index (χ2n) is 6.78. The number of hydrogen-bond acceptors (Lipinski definition) is 4. The van der Waals surface area contributed by atoms with Crippen LogP contribution in [0.5, 0.6) is 5.75 Å². The van der Waals surface area contributed by atoms with Gasteiger partial charge in [0.2, 0.25) is 5.62 Å². The van der Waals surface area contributed by atoms with Crippen molar-refractivity contribution in [3.05, 3.63) is 52.2 Å². The van der Waals surface area contributed by atoms with Gasteiger partial charge in [-0.15, -0.1) is 0 Å². The molecule has 29 heavy (non-hydrogen) atoms. The third-order valence-corrected chi connectivity index (χ3v) is 5.57. The van der Waals surface area contributed by atoms with Gasteiger partial charge in [-0.3, -0.25) is 9.98 Å². The number of rotatable bonds is 10. The van der Waals surface area contributed by atoms with Crippen LogP contribution in [0.4, 0.5) is 0 Å². The van der Waals surface area contributed by atoms with Gasteiger partial charge in [-0.2, -0.15) is 0 Å². The van der Waals surface area contributed by atoms with Gasteiger partial charge in [0.15, 0.2) is 5.65 Å². The molecule has 0 bridgehead atoms. The zero-order chi connectivity index (χ0) is 20.8. The van der Waals surface area contributed by atoms with Crippen molar-refractivity contribution < 1.29 is 4.74 Å². The van der Waals surface area contributed by atoms with E-state index in [4.69, 9.17) is 33.3 Å². The molecule has 2 heterocycles. The molecule has 1 aromatic carbocycles. The third-order valence-electron chi connectivity index (χ3n) is 5.04. The maximum atomic E-state index is 8.68. The van der Waals surface area contributed by atoms with Gasteiger partial charge < -0.3 is 14.2 Å². The summed E-state index contributed by atoms with van der Waals surface area (Å²) in [5.41, 5.74) is 2.29. The SMILES string of the molecule is CCN(CC)CCn1c(=N)n(CCCOc2ccc(Cl)cc2Cl)c2cccnc21. The number of halogens is 2. The number of pyridine rings is 1. The predicted octanol–water partition coefficient (Wildman–Crippen LogP) is 4.43. The number of nitrogens with zero attached hydrogens (tertiary/aromatic N) is 4. The molecule has 0 atom stereocenters. The molecule has 3 aromatic rings. The van der Waals surface area contributed by atoms with Gasteiger partial charge in [0.05, 0.1) is 17.1 Å². The van der Waals surface area contributed by atoms with Crippen molar-refractivity contribution in [1.29, 1.82) is 5.41 Å². The Labute approximate surface area is 181 Å². The summed E-state index contributed by atoms with van der Waals surface area (Å²) in [6.07, 6.45) is 2.53. The maximum Gasteiger partial charge on any atom is 0.204 e. The molecule has 6 nitrogen and oxygen atoms in total. The monoisotopic (exact) mass is 435 g/mol. The number of aryl methyl sites for hydroxylation is 1. The van der Waals surface area contributed by atoms with Crippen LogP contribution in [0.15, 0.2) is 36.5 Å². The topological polar surface area (TPSA) is 59.1 Å². The van der Waals surface area contributed by atoms with E-state index in [0.717, 1.165) is 43.8 Å². The Morgan fingerprint density at radius 3 is 2.62 bits per heavy atom. The Kier molecular flexibility index (Phi) is 7.58. The highest BCUT2D eigenvalue weighted by Crippen LogP contribution is 2.27. The second kappa shape index (κ2) is 10.1. The molecule has 0 unspecified atom stereocenters. The van der Waals surface area contributed by atoms with Gasteiger partial charge in [0, 0.05) is 30.9 Å². The maximum absolute atomic E-state index is 8.68. The molecule has 0 amide bonds. The minimum absolute atomic E-state index is 0.468. The number of ether oxygens (including phenoxy) is 1. The summed E-state index contributed by atoms with van der Waals surface area (Å²) in [6.45, 7) is 9.14. The van der Waals surface area contributed by atoms with Crippen LogP contribution >= 0.6 is 23.2 Å². The Balaban J connectivity index is 1.70. The van der Waals surface area contributed by atoms with Crippen molar-refractivity contribution in [2.24, 2.45) is 0 Å². The fraction of sp³-hybridized carbons (Fsp3) is 0.429. The minimum atomic E-state index is 0.468. The number of hydrogen-bond donors (Lipinski definition) is 1. The summed E-state index contributed by atoms with van der Waals surface area (Å²) in [5, 5.41) is 9.77. The van der Waals surface area contributed by atoms with Crippen molar-refractivity contribution >= 4 is 34.4 Å². The van der Waals surface area contributed by atoms with Gasteiger partial charge in [-0.05, 0) is 49.8 Å². The van der Waals surface area contributed by atoms with E-state index in [1.165, 1.54) is 0 Å². The predicted molar refractivity (Wildman–Crippen MR) is 118 cm³/mol. The van der Waals surface area contributed by atoms with Crippen molar-refractivity contribution in [3.8, 4) is 5.75 Å². The van der Waals surface area contributed by atoms with Crippen molar-refractivity contribution in [2.75, 3.05) is 26.2 Å². The van der Waals surface area contributed by atoms with E-state index < -0.39 is 0 Å². The summed E-state index contributed by atoms with van der Waals surface area (Å²) in [4.78, 5) is 6.88. The molecule has 0 saturated carbocycles. The van der Waals surface area contributed by atoms with Gasteiger partial charge in [-0.1, -0.05) is 37.0 Å². The molecule has 1 N–H and O–H groups in total. The van der Waals surface area contributed by atoms with Gasteiger partial charge >= 0.3 is 0 Å². The highest BCUT2D eigenvalue weighted by molar-refractivity contribution is 6.35.